The lowest BCUT2D eigenvalue weighted by Crippen LogP contribution is -2.46. The highest BCUT2D eigenvalue weighted by Gasteiger charge is 2.27. The molecule has 1 unspecified atom stereocenters. The fraction of sp³-hybridized carbons (Fsp3) is 0.407. The van der Waals surface area contributed by atoms with Crippen LogP contribution in [-0.2, 0) is 4.74 Å². The molecule has 2 N–H and O–H groups in total. The van der Waals surface area contributed by atoms with Crippen LogP contribution in [0.5, 0.6) is 0 Å². The van der Waals surface area contributed by atoms with Gasteiger partial charge in [0.15, 0.2) is 5.11 Å². The first-order chi connectivity index (χ1) is 17.6. The Balaban J connectivity index is 1.21. The first kappa shape index (κ1) is 24.4. The maximum atomic E-state index is 13.3. The fourth-order valence-electron chi connectivity index (χ4n) is 4.88. The standard InChI is InChI=1S/C27H32N6O2S/c1-19-4-9-24(26(34)31-21-5-7-22(8-6-21)33-15-12-28-18-33)25(30-19)20-10-13-32(14-11-20)27(36)29-17-23-3-2-16-35-23/h4-9,12,15,18,20,23H,2-3,10-11,13-14,16-17H2,1H3,(H,29,36)(H,31,34). The van der Waals surface area contributed by atoms with Crippen molar-refractivity contribution in [1.29, 1.82) is 0 Å². The van der Waals surface area contributed by atoms with Crippen LogP contribution < -0.4 is 10.6 Å². The number of hydrogen-bond donors (Lipinski definition) is 2. The first-order valence-electron chi connectivity index (χ1n) is 12.6. The molecule has 188 valence electrons. The van der Waals surface area contributed by atoms with Gasteiger partial charge in [0.1, 0.15) is 0 Å². The number of pyridine rings is 1. The third kappa shape index (κ3) is 5.74. The van der Waals surface area contributed by atoms with E-state index >= 15 is 0 Å². The predicted molar refractivity (Wildman–Crippen MR) is 144 cm³/mol. The summed E-state index contributed by atoms with van der Waals surface area (Å²) in [5.74, 6) is 0.0792. The second kappa shape index (κ2) is 11.2. The summed E-state index contributed by atoms with van der Waals surface area (Å²) in [6, 6.07) is 11.5. The van der Waals surface area contributed by atoms with Crippen molar-refractivity contribution in [2.45, 2.75) is 44.6 Å². The van der Waals surface area contributed by atoms with Gasteiger partial charge in [0.2, 0.25) is 0 Å². The largest absolute Gasteiger partial charge is 0.376 e. The number of ether oxygens (including phenoxy) is 1. The average molecular weight is 505 g/mol. The molecule has 0 bridgehead atoms. The van der Waals surface area contributed by atoms with Gasteiger partial charge in [0, 0.05) is 61.6 Å². The SMILES string of the molecule is Cc1ccc(C(=O)Nc2ccc(-n3ccnc3)cc2)c(C2CCN(C(=S)NCC3CCCO3)CC2)n1. The topological polar surface area (TPSA) is 84.3 Å². The van der Waals surface area contributed by atoms with Crippen molar-refractivity contribution in [2.75, 3.05) is 31.6 Å². The average Bonchev–Trinajstić information content (AvgIpc) is 3.63. The molecule has 0 spiro atoms. The van der Waals surface area contributed by atoms with Gasteiger partial charge in [-0.05, 0) is 81.2 Å². The molecule has 1 amide bonds. The van der Waals surface area contributed by atoms with Crippen molar-refractivity contribution < 1.29 is 9.53 Å². The summed E-state index contributed by atoms with van der Waals surface area (Å²) >= 11 is 5.63. The minimum atomic E-state index is -0.135. The molecule has 1 atom stereocenters. The van der Waals surface area contributed by atoms with Crippen LogP contribution >= 0.6 is 12.2 Å². The normalized spacial score (nSPS) is 18.2. The first-order valence-corrected chi connectivity index (χ1v) is 13.0. The quantitative estimate of drug-likeness (QED) is 0.490. The molecule has 3 aromatic rings. The van der Waals surface area contributed by atoms with Crippen LogP contribution in [0.1, 0.15) is 53.3 Å². The van der Waals surface area contributed by atoms with Crippen molar-refractivity contribution >= 4 is 28.9 Å². The third-order valence-corrected chi connectivity index (χ3v) is 7.31. The van der Waals surface area contributed by atoms with E-state index in [1.54, 1.807) is 12.5 Å². The predicted octanol–water partition coefficient (Wildman–Crippen LogP) is 4.06. The number of hydrogen-bond acceptors (Lipinski definition) is 5. The van der Waals surface area contributed by atoms with Crippen LogP contribution in [0, 0.1) is 6.92 Å². The highest BCUT2D eigenvalue weighted by Crippen LogP contribution is 2.30. The van der Waals surface area contributed by atoms with E-state index < -0.39 is 0 Å². The number of carbonyl (C=O) groups excluding carboxylic acids is 1. The zero-order valence-electron chi connectivity index (χ0n) is 20.5. The van der Waals surface area contributed by atoms with E-state index in [-0.39, 0.29) is 17.9 Å². The number of aryl methyl sites for hydroxylation is 1. The summed E-state index contributed by atoms with van der Waals surface area (Å²) in [6.07, 6.45) is 9.65. The van der Waals surface area contributed by atoms with E-state index in [1.807, 2.05) is 54.1 Å². The van der Waals surface area contributed by atoms with E-state index in [2.05, 4.69) is 20.5 Å². The minimum Gasteiger partial charge on any atom is -0.376 e. The Bertz CT molecular complexity index is 1180. The molecule has 2 aliphatic rings. The van der Waals surface area contributed by atoms with Crippen LogP contribution in [0.25, 0.3) is 5.69 Å². The molecule has 0 saturated carbocycles. The number of piperidine rings is 1. The molecule has 9 heteroatoms. The van der Waals surface area contributed by atoms with Crippen LogP contribution in [0.15, 0.2) is 55.1 Å². The number of rotatable bonds is 6. The lowest BCUT2D eigenvalue weighted by atomic mass is 9.90. The van der Waals surface area contributed by atoms with Crippen molar-refractivity contribution in [3.05, 3.63) is 72.1 Å². The monoisotopic (exact) mass is 504 g/mol. The van der Waals surface area contributed by atoms with Crippen molar-refractivity contribution in [3.63, 3.8) is 0 Å². The number of amides is 1. The number of imidazole rings is 1. The van der Waals surface area contributed by atoms with Gasteiger partial charge in [-0.3, -0.25) is 9.78 Å². The molecule has 4 heterocycles. The Kier molecular flexibility index (Phi) is 7.58. The van der Waals surface area contributed by atoms with Gasteiger partial charge in [-0.1, -0.05) is 0 Å². The molecule has 0 aliphatic carbocycles. The number of thiocarbonyl (C=S) groups is 1. The Morgan fingerprint density at radius 3 is 2.64 bits per heavy atom. The molecule has 2 aromatic heterocycles. The number of nitrogens with one attached hydrogen (secondary N) is 2. The lowest BCUT2D eigenvalue weighted by Gasteiger charge is -2.34. The number of anilines is 1. The smallest absolute Gasteiger partial charge is 0.257 e. The molecule has 5 rings (SSSR count). The second-order valence-electron chi connectivity index (χ2n) is 9.44. The van der Waals surface area contributed by atoms with Crippen LogP contribution in [-0.4, -0.2) is 62.8 Å². The maximum absolute atomic E-state index is 13.3. The Hall–Kier alpha value is -3.30. The van der Waals surface area contributed by atoms with Crippen LogP contribution in [0.3, 0.4) is 0 Å². The van der Waals surface area contributed by atoms with Crippen molar-refractivity contribution in [3.8, 4) is 5.69 Å². The maximum Gasteiger partial charge on any atom is 0.257 e. The summed E-state index contributed by atoms with van der Waals surface area (Å²) in [5, 5.41) is 7.21. The summed E-state index contributed by atoms with van der Waals surface area (Å²) in [6.45, 7) is 5.27. The summed E-state index contributed by atoms with van der Waals surface area (Å²) in [4.78, 5) is 24.4. The summed E-state index contributed by atoms with van der Waals surface area (Å²) in [7, 11) is 0. The highest BCUT2D eigenvalue weighted by atomic mass is 32.1. The fourth-order valence-corrected chi connectivity index (χ4v) is 5.15. The number of carbonyl (C=O) groups is 1. The Labute approximate surface area is 217 Å². The molecule has 1 aromatic carbocycles. The Morgan fingerprint density at radius 1 is 1.14 bits per heavy atom. The molecule has 0 radical (unpaired) electrons. The van der Waals surface area contributed by atoms with E-state index in [0.717, 1.165) is 79.8 Å². The van der Waals surface area contributed by atoms with Gasteiger partial charge in [0.05, 0.1) is 23.7 Å². The van der Waals surface area contributed by atoms with Crippen molar-refractivity contribution in [2.24, 2.45) is 0 Å². The van der Waals surface area contributed by atoms with Crippen LogP contribution in [0.2, 0.25) is 0 Å². The number of nitrogens with zero attached hydrogens (tertiary/aromatic N) is 4. The van der Waals surface area contributed by atoms with E-state index in [0.29, 0.717) is 5.56 Å². The zero-order valence-corrected chi connectivity index (χ0v) is 21.3. The highest BCUT2D eigenvalue weighted by molar-refractivity contribution is 7.80. The zero-order chi connectivity index (χ0) is 24.9. The molecule has 2 saturated heterocycles. The van der Waals surface area contributed by atoms with E-state index in [9.17, 15) is 4.79 Å². The summed E-state index contributed by atoms with van der Waals surface area (Å²) in [5.41, 5.74) is 4.16. The second-order valence-corrected chi connectivity index (χ2v) is 9.83. The summed E-state index contributed by atoms with van der Waals surface area (Å²) < 4.78 is 7.61. The third-order valence-electron chi connectivity index (χ3n) is 6.91. The van der Waals surface area contributed by atoms with Gasteiger partial charge in [-0.25, -0.2) is 4.98 Å². The van der Waals surface area contributed by atoms with Crippen molar-refractivity contribution in [1.82, 2.24) is 24.8 Å². The van der Waals surface area contributed by atoms with Gasteiger partial charge in [-0.15, -0.1) is 0 Å². The molecule has 2 aliphatic heterocycles. The number of likely N-dealkylation sites (tertiary alicyclic amines) is 1. The van der Waals surface area contributed by atoms with Gasteiger partial charge in [0.25, 0.3) is 5.91 Å². The molecule has 8 nitrogen and oxygen atoms in total. The molecule has 2 fully saturated rings. The number of benzene rings is 1. The van der Waals surface area contributed by atoms with Gasteiger partial charge >= 0.3 is 0 Å². The van der Waals surface area contributed by atoms with Gasteiger partial charge in [-0.2, -0.15) is 0 Å². The van der Waals surface area contributed by atoms with Gasteiger partial charge < -0.3 is 24.8 Å². The Morgan fingerprint density at radius 2 is 1.94 bits per heavy atom. The number of aromatic nitrogens is 3. The molecular formula is C27H32N6O2S. The minimum absolute atomic E-state index is 0.135. The molecular weight excluding hydrogens is 472 g/mol. The lowest BCUT2D eigenvalue weighted by molar-refractivity contribution is 0.102. The molecule has 36 heavy (non-hydrogen) atoms. The van der Waals surface area contributed by atoms with Crippen LogP contribution in [0.4, 0.5) is 5.69 Å². The van der Waals surface area contributed by atoms with E-state index in [4.69, 9.17) is 21.9 Å². The van der Waals surface area contributed by atoms with E-state index in [1.165, 1.54) is 0 Å².